The van der Waals surface area contributed by atoms with Crippen molar-refractivity contribution >= 4 is 50.1 Å². The highest BCUT2D eigenvalue weighted by molar-refractivity contribution is 14.1. The molecule has 6 heteroatoms. The van der Waals surface area contributed by atoms with Gasteiger partial charge in [-0.05, 0) is 63.1 Å². The minimum Gasteiger partial charge on any atom is -0.334 e. The molecular weight excluding hydrogens is 430 g/mol. The third-order valence-electron chi connectivity index (χ3n) is 2.42. The fourth-order valence-corrected chi connectivity index (χ4v) is 2.73. The van der Waals surface area contributed by atoms with Crippen molar-refractivity contribution in [2.45, 2.75) is 25.1 Å². The van der Waals surface area contributed by atoms with Crippen LogP contribution < -0.4 is 0 Å². The van der Waals surface area contributed by atoms with Crippen molar-refractivity contribution in [3.63, 3.8) is 0 Å². The average molecular weight is 441 g/mol. The monoisotopic (exact) mass is 440 g/mol. The third kappa shape index (κ3) is 3.24. The maximum absolute atomic E-state index is 6.18. The fraction of sp³-hybridized carbons (Fsp3) is 0.333. The van der Waals surface area contributed by atoms with Gasteiger partial charge in [0.05, 0.1) is 10.9 Å². The van der Waals surface area contributed by atoms with Crippen molar-refractivity contribution in [1.29, 1.82) is 0 Å². The van der Waals surface area contributed by atoms with E-state index in [9.17, 15) is 0 Å². The highest BCUT2D eigenvalue weighted by Crippen LogP contribution is 2.31. The highest BCUT2D eigenvalue weighted by atomic mass is 127. The lowest BCUT2D eigenvalue weighted by Crippen LogP contribution is -1.92. The van der Waals surface area contributed by atoms with Crippen LogP contribution in [-0.4, -0.2) is 10.1 Å². The van der Waals surface area contributed by atoms with Gasteiger partial charge in [0.1, 0.15) is 0 Å². The summed E-state index contributed by atoms with van der Waals surface area (Å²) in [5.74, 6) is 1.05. The van der Waals surface area contributed by atoms with Crippen LogP contribution in [0.2, 0.25) is 0 Å². The molecule has 0 radical (unpaired) electrons. The summed E-state index contributed by atoms with van der Waals surface area (Å²) < 4.78 is 7.32. The Morgan fingerprint density at radius 2 is 2.28 bits per heavy atom. The van der Waals surface area contributed by atoms with Crippen LogP contribution in [0, 0.1) is 3.57 Å². The number of aromatic nitrogens is 2. The van der Waals surface area contributed by atoms with Crippen molar-refractivity contribution < 1.29 is 4.52 Å². The van der Waals surface area contributed by atoms with Gasteiger partial charge in [-0.3, -0.25) is 0 Å². The zero-order valence-corrected chi connectivity index (χ0v) is 14.2. The molecule has 1 atom stereocenters. The molecule has 0 aliphatic rings. The van der Waals surface area contributed by atoms with Crippen molar-refractivity contribution in [2.24, 2.45) is 0 Å². The van der Waals surface area contributed by atoms with E-state index in [1.807, 2.05) is 18.2 Å². The second-order valence-corrected chi connectivity index (χ2v) is 6.46. The minimum absolute atomic E-state index is 0.186. The first-order chi connectivity index (χ1) is 8.61. The fourth-order valence-electron chi connectivity index (χ4n) is 1.52. The van der Waals surface area contributed by atoms with E-state index >= 15 is 0 Å². The molecule has 0 N–H and O–H groups in total. The molecule has 0 bridgehead atoms. The maximum Gasteiger partial charge on any atom is 0.259 e. The van der Waals surface area contributed by atoms with Gasteiger partial charge in [0.15, 0.2) is 5.82 Å². The number of halogens is 3. The number of nitrogens with zero attached hydrogens (tertiary/aromatic N) is 2. The molecule has 2 aromatic rings. The summed E-state index contributed by atoms with van der Waals surface area (Å²) in [7, 11) is 0. The van der Waals surface area contributed by atoms with Crippen molar-refractivity contribution in [1.82, 2.24) is 10.1 Å². The molecular formula is C12H11BrClIN2O. The van der Waals surface area contributed by atoms with Crippen LogP contribution in [0.5, 0.6) is 0 Å². The molecule has 0 saturated heterocycles. The predicted molar refractivity (Wildman–Crippen MR) is 83.7 cm³/mol. The quantitative estimate of drug-likeness (QED) is 0.485. The Labute approximate surface area is 133 Å². The van der Waals surface area contributed by atoms with Crippen molar-refractivity contribution in [2.75, 3.05) is 0 Å². The molecule has 0 aliphatic heterocycles. The van der Waals surface area contributed by atoms with Crippen LogP contribution in [-0.2, 0) is 0 Å². The molecule has 0 aliphatic carbocycles. The smallest absolute Gasteiger partial charge is 0.259 e. The van der Waals surface area contributed by atoms with Gasteiger partial charge < -0.3 is 4.52 Å². The summed E-state index contributed by atoms with van der Waals surface area (Å²) in [5, 5.41) is 3.75. The van der Waals surface area contributed by atoms with Gasteiger partial charge in [-0.15, -0.1) is 11.6 Å². The molecule has 0 saturated carbocycles. The topological polar surface area (TPSA) is 38.9 Å². The molecule has 18 heavy (non-hydrogen) atoms. The summed E-state index contributed by atoms with van der Waals surface area (Å²) in [6.07, 6.45) is 1.83. The number of benzene rings is 1. The Bertz CT molecular complexity index is 547. The van der Waals surface area contributed by atoms with Crippen molar-refractivity contribution in [3.05, 3.63) is 32.1 Å². The van der Waals surface area contributed by atoms with Gasteiger partial charge in [0.25, 0.3) is 5.89 Å². The summed E-state index contributed by atoms with van der Waals surface area (Å²) >= 11 is 11.9. The van der Waals surface area contributed by atoms with E-state index in [-0.39, 0.29) is 5.38 Å². The lowest BCUT2D eigenvalue weighted by molar-refractivity contribution is 0.420. The second kappa shape index (κ2) is 6.34. The first-order valence-corrected chi connectivity index (χ1v) is 7.85. The standard InChI is InChI=1S/C12H11BrClIN2O/c1-2-3-10(14)11-16-12(18-17-11)8-6-7(15)4-5-9(8)13/h4-6,10H,2-3H2,1H3. The Hall–Kier alpha value is -0.140. The number of rotatable bonds is 4. The first-order valence-electron chi connectivity index (χ1n) is 5.55. The summed E-state index contributed by atoms with van der Waals surface area (Å²) in [6, 6.07) is 5.96. The molecule has 1 aromatic carbocycles. The molecule has 0 spiro atoms. The lowest BCUT2D eigenvalue weighted by atomic mass is 10.2. The second-order valence-electron chi connectivity index (χ2n) is 3.84. The zero-order chi connectivity index (χ0) is 13.1. The van der Waals surface area contributed by atoms with E-state index in [1.165, 1.54) is 0 Å². The van der Waals surface area contributed by atoms with E-state index in [4.69, 9.17) is 16.1 Å². The van der Waals surface area contributed by atoms with Gasteiger partial charge in [-0.25, -0.2) is 0 Å². The predicted octanol–water partition coefficient (Wildman–Crippen LogP) is 5.18. The van der Waals surface area contributed by atoms with E-state index in [2.05, 4.69) is 55.6 Å². The van der Waals surface area contributed by atoms with E-state index < -0.39 is 0 Å². The van der Waals surface area contributed by atoms with Crippen LogP contribution in [0.15, 0.2) is 27.2 Å². The van der Waals surface area contributed by atoms with Gasteiger partial charge in [-0.2, -0.15) is 4.98 Å². The Morgan fingerprint density at radius 1 is 1.50 bits per heavy atom. The summed E-state index contributed by atoms with van der Waals surface area (Å²) in [5.41, 5.74) is 0.890. The van der Waals surface area contributed by atoms with Crippen LogP contribution in [0.3, 0.4) is 0 Å². The Balaban J connectivity index is 2.32. The van der Waals surface area contributed by atoms with E-state index in [0.717, 1.165) is 26.4 Å². The molecule has 2 rings (SSSR count). The lowest BCUT2D eigenvalue weighted by Gasteiger charge is -2.00. The molecule has 96 valence electrons. The van der Waals surface area contributed by atoms with Gasteiger partial charge in [0, 0.05) is 8.04 Å². The van der Waals surface area contributed by atoms with Gasteiger partial charge >= 0.3 is 0 Å². The Kier molecular flexibility index (Phi) is 5.03. The van der Waals surface area contributed by atoms with Crippen LogP contribution in [0.25, 0.3) is 11.5 Å². The number of hydrogen-bond acceptors (Lipinski definition) is 3. The SMILES string of the molecule is CCCC(Cl)c1noc(-c2cc(I)ccc2Br)n1. The molecule has 0 fully saturated rings. The van der Waals surface area contributed by atoms with Crippen molar-refractivity contribution in [3.8, 4) is 11.5 Å². The average Bonchev–Trinajstić information content (AvgIpc) is 2.82. The van der Waals surface area contributed by atoms with Gasteiger partial charge in [-0.1, -0.05) is 18.5 Å². The summed E-state index contributed by atoms with van der Waals surface area (Å²) in [4.78, 5) is 4.36. The zero-order valence-electron chi connectivity index (χ0n) is 9.66. The number of alkyl halides is 1. The third-order valence-corrected chi connectivity index (χ3v) is 4.20. The Morgan fingerprint density at radius 3 is 3.00 bits per heavy atom. The van der Waals surface area contributed by atoms with E-state index in [1.54, 1.807) is 0 Å². The normalized spacial score (nSPS) is 12.7. The maximum atomic E-state index is 6.18. The molecule has 1 heterocycles. The van der Waals surface area contributed by atoms with Crippen LogP contribution >= 0.6 is 50.1 Å². The van der Waals surface area contributed by atoms with Gasteiger partial charge in [0.2, 0.25) is 0 Å². The molecule has 1 aromatic heterocycles. The molecule has 1 unspecified atom stereocenters. The minimum atomic E-state index is -0.186. The highest BCUT2D eigenvalue weighted by Gasteiger charge is 2.17. The largest absolute Gasteiger partial charge is 0.334 e. The van der Waals surface area contributed by atoms with E-state index in [0.29, 0.717) is 11.7 Å². The molecule has 3 nitrogen and oxygen atoms in total. The summed E-state index contributed by atoms with van der Waals surface area (Å²) in [6.45, 7) is 2.08. The first kappa shape index (κ1) is 14.3. The molecule has 0 amide bonds. The number of hydrogen-bond donors (Lipinski definition) is 0. The van der Waals surface area contributed by atoms with Crippen LogP contribution in [0.4, 0.5) is 0 Å². The van der Waals surface area contributed by atoms with Crippen LogP contribution in [0.1, 0.15) is 31.0 Å².